The van der Waals surface area contributed by atoms with Crippen LogP contribution in [0.1, 0.15) is 61.9 Å². The summed E-state index contributed by atoms with van der Waals surface area (Å²) in [7, 11) is 1.54. The van der Waals surface area contributed by atoms with Gasteiger partial charge in [0.25, 0.3) is 11.5 Å². The zero-order valence-corrected chi connectivity index (χ0v) is 21.0. The Bertz CT molecular complexity index is 1100. The van der Waals surface area contributed by atoms with Gasteiger partial charge in [-0.05, 0) is 30.5 Å². The lowest BCUT2D eigenvalue weighted by atomic mass is 9.81. The second-order valence-electron chi connectivity index (χ2n) is 9.15. The predicted octanol–water partition coefficient (Wildman–Crippen LogP) is 3.61. The number of aromatic nitrogens is 1. The number of ketones is 1. The average Bonchev–Trinajstić information content (AvgIpc) is 3.30. The number of carbonyl (C=O) groups excluding carboxylic acids is 4. The molecule has 4 N–H and O–H groups in total. The molecule has 11 heteroatoms. The van der Waals surface area contributed by atoms with Crippen molar-refractivity contribution in [3.05, 3.63) is 30.0 Å². The number of nitrogens with one attached hydrogen (secondary N) is 2. The third-order valence-electron chi connectivity index (χ3n) is 6.57. The summed E-state index contributed by atoms with van der Waals surface area (Å²) in [4.78, 5) is 53.0. The minimum atomic E-state index is -2.40. The van der Waals surface area contributed by atoms with Crippen LogP contribution in [0.25, 0.3) is 10.9 Å². The van der Waals surface area contributed by atoms with Crippen LogP contribution in [-0.2, 0) is 14.4 Å². The van der Waals surface area contributed by atoms with E-state index in [4.69, 9.17) is 22.1 Å². The Hall–Kier alpha value is -3.14. The third kappa shape index (κ3) is 7.19. The minimum Gasteiger partial charge on any atom is -0.496 e. The van der Waals surface area contributed by atoms with Crippen LogP contribution in [0, 0.1) is 11.8 Å². The van der Waals surface area contributed by atoms with Gasteiger partial charge in [0, 0.05) is 29.7 Å². The van der Waals surface area contributed by atoms with Crippen molar-refractivity contribution in [2.75, 3.05) is 13.7 Å². The highest BCUT2D eigenvalue weighted by atomic mass is 35.5. The highest BCUT2D eigenvalue weighted by molar-refractivity contribution is 6.29. The van der Waals surface area contributed by atoms with E-state index in [2.05, 4.69) is 10.4 Å². The normalized spacial score (nSPS) is 15.8. The van der Waals surface area contributed by atoms with Crippen LogP contribution in [0.2, 0.25) is 0 Å². The molecule has 1 aromatic carbocycles. The first-order chi connectivity index (χ1) is 17.2. The summed E-state index contributed by atoms with van der Waals surface area (Å²) >= 11 is 5.29. The Morgan fingerprint density at radius 1 is 1.25 bits per heavy atom. The van der Waals surface area contributed by atoms with Gasteiger partial charge in [-0.2, -0.15) is 0 Å². The summed E-state index contributed by atoms with van der Waals surface area (Å²) in [6.45, 7) is -0.334. The molecule has 0 saturated heterocycles. The number of amides is 3. The molecule has 0 bridgehead atoms. The molecule has 0 aliphatic heterocycles. The number of halogens is 2. The number of nitrogens with zero attached hydrogens (tertiary/aromatic N) is 1. The number of Topliss-reactive ketones (excluding diaryl/α,β-unsaturated/α-hetero) is 1. The van der Waals surface area contributed by atoms with E-state index in [1.165, 1.54) is 0 Å². The van der Waals surface area contributed by atoms with Crippen LogP contribution in [0.15, 0.2) is 24.3 Å². The molecule has 1 saturated carbocycles. The fourth-order valence-corrected chi connectivity index (χ4v) is 4.80. The molecule has 1 heterocycles. The zero-order chi connectivity index (χ0) is 26.2. The number of hydrogen-bond donors (Lipinski definition) is 3. The number of H-pyrrole nitrogens is 1. The number of rotatable bonds is 11. The molecular weight excluding hydrogens is 491 g/mol. The first-order valence-corrected chi connectivity index (χ1v) is 12.5. The molecule has 0 spiro atoms. The molecule has 196 valence electrons. The van der Waals surface area contributed by atoms with Crippen molar-refractivity contribution in [1.29, 1.82) is 0 Å². The topological polar surface area (TPSA) is 135 Å². The fourth-order valence-electron chi connectivity index (χ4n) is 4.68. The van der Waals surface area contributed by atoms with Crippen molar-refractivity contribution >= 4 is 46.0 Å². The van der Waals surface area contributed by atoms with Crippen LogP contribution in [-0.4, -0.2) is 52.8 Å². The lowest BCUT2D eigenvalue weighted by Gasteiger charge is -2.29. The number of ether oxygens (including phenoxy) is 1. The molecule has 2 aromatic rings. The quantitative estimate of drug-likeness (QED) is 0.235. The van der Waals surface area contributed by atoms with Gasteiger partial charge in [0.1, 0.15) is 5.75 Å². The smallest absolute Gasteiger partial charge is 0.291 e. The summed E-state index contributed by atoms with van der Waals surface area (Å²) in [6, 6.07) is 7.10. The van der Waals surface area contributed by atoms with E-state index in [0.717, 1.165) is 43.0 Å². The molecule has 3 rings (SSSR count). The number of primary amides is 1. The van der Waals surface area contributed by atoms with E-state index in [1.54, 1.807) is 25.3 Å². The Balaban J connectivity index is 1.80. The molecule has 3 amide bonds. The number of benzene rings is 1. The van der Waals surface area contributed by atoms with Crippen LogP contribution < -0.4 is 15.9 Å². The van der Waals surface area contributed by atoms with Crippen molar-refractivity contribution in [2.45, 2.75) is 57.0 Å². The molecule has 1 aliphatic carbocycles. The largest absolute Gasteiger partial charge is 0.496 e. The lowest BCUT2D eigenvalue weighted by molar-refractivity contribution is -0.145. The lowest BCUT2D eigenvalue weighted by Crippen LogP contribution is -2.51. The second-order valence-corrected chi connectivity index (χ2v) is 9.53. The zero-order valence-electron chi connectivity index (χ0n) is 20.2. The van der Waals surface area contributed by atoms with Gasteiger partial charge in [-0.25, -0.2) is 9.40 Å². The van der Waals surface area contributed by atoms with Crippen LogP contribution >= 0.6 is 11.6 Å². The van der Waals surface area contributed by atoms with Crippen LogP contribution in [0.5, 0.6) is 5.75 Å². The standard InChI is InChI=1S/C25H32ClFN4O5/c1-36-21-9-5-8-18-17(21)14-19(29-18)20(32)13-16(12-15-6-3-2-4-7-15)24(34)30-31(11-10-22(28)33)25(35)23(26)27/h5,8-9,14-16,23,29H,2-4,6-7,10-13H2,1H3,(H2,28,33)(H,30,34)/t16-,23+/m1/s1. The second kappa shape index (κ2) is 12.7. The number of alkyl halides is 2. The average molecular weight is 523 g/mol. The number of hydrogen-bond acceptors (Lipinski definition) is 5. The maximum Gasteiger partial charge on any atom is 0.291 e. The van der Waals surface area contributed by atoms with Crippen LogP contribution in [0.3, 0.4) is 0 Å². The molecule has 9 nitrogen and oxygen atoms in total. The van der Waals surface area contributed by atoms with Gasteiger partial charge in [-0.3, -0.25) is 24.6 Å². The van der Waals surface area contributed by atoms with Crippen molar-refractivity contribution in [3.8, 4) is 5.75 Å². The first kappa shape index (κ1) is 27.4. The van der Waals surface area contributed by atoms with E-state index in [0.29, 0.717) is 22.9 Å². The van der Waals surface area contributed by atoms with Gasteiger partial charge >= 0.3 is 0 Å². The van der Waals surface area contributed by atoms with E-state index in [-0.39, 0.29) is 31.1 Å². The molecule has 1 aliphatic rings. The van der Waals surface area contributed by atoms with E-state index in [1.807, 2.05) is 6.07 Å². The first-order valence-electron chi connectivity index (χ1n) is 12.1. The van der Waals surface area contributed by atoms with Crippen molar-refractivity contribution < 1.29 is 28.3 Å². The summed E-state index contributed by atoms with van der Waals surface area (Å²) < 4.78 is 18.9. The van der Waals surface area contributed by atoms with Crippen molar-refractivity contribution in [1.82, 2.24) is 15.4 Å². The molecule has 36 heavy (non-hydrogen) atoms. The number of hydrazine groups is 1. The Kier molecular flexibility index (Phi) is 9.69. The Labute approximate surface area is 213 Å². The van der Waals surface area contributed by atoms with Crippen LogP contribution in [0.4, 0.5) is 4.39 Å². The molecule has 2 atom stereocenters. The maximum atomic E-state index is 13.5. The van der Waals surface area contributed by atoms with Crippen molar-refractivity contribution in [3.63, 3.8) is 0 Å². The number of nitrogens with two attached hydrogens (primary N) is 1. The minimum absolute atomic E-state index is 0.116. The van der Waals surface area contributed by atoms with E-state index in [9.17, 15) is 23.6 Å². The van der Waals surface area contributed by atoms with Crippen molar-refractivity contribution in [2.24, 2.45) is 17.6 Å². The summed E-state index contributed by atoms with van der Waals surface area (Å²) in [5.74, 6) is -2.73. The fraction of sp³-hybridized carbons (Fsp3) is 0.520. The summed E-state index contributed by atoms with van der Waals surface area (Å²) in [5, 5.41) is 1.41. The van der Waals surface area contributed by atoms with E-state index >= 15 is 0 Å². The predicted molar refractivity (Wildman–Crippen MR) is 133 cm³/mol. The highest BCUT2D eigenvalue weighted by Gasteiger charge is 2.31. The van der Waals surface area contributed by atoms with Gasteiger partial charge in [-0.1, -0.05) is 49.8 Å². The van der Waals surface area contributed by atoms with Gasteiger partial charge in [0.05, 0.1) is 19.3 Å². The van der Waals surface area contributed by atoms with Gasteiger partial charge in [0.15, 0.2) is 5.78 Å². The number of aromatic amines is 1. The van der Waals surface area contributed by atoms with Gasteiger partial charge in [0.2, 0.25) is 11.8 Å². The van der Waals surface area contributed by atoms with Gasteiger partial charge < -0.3 is 15.5 Å². The molecule has 1 fully saturated rings. The Morgan fingerprint density at radius 3 is 2.61 bits per heavy atom. The SMILES string of the molecule is COc1cccc2[nH]c(C(=O)C[C@@H](CC3CCCCC3)C(=O)NN(CCC(N)=O)C(=O)[C@H](F)Cl)cc12. The molecule has 1 aromatic heterocycles. The number of carbonyl (C=O) groups is 4. The Morgan fingerprint density at radius 2 is 1.97 bits per heavy atom. The maximum absolute atomic E-state index is 13.5. The van der Waals surface area contributed by atoms with Gasteiger partial charge in [-0.15, -0.1) is 0 Å². The highest BCUT2D eigenvalue weighted by Crippen LogP contribution is 2.32. The molecular formula is C25H32ClFN4O5. The number of methoxy groups -OCH3 is 1. The summed E-state index contributed by atoms with van der Waals surface area (Å²) in [6.07, 6.45) is 5.15. The molecule has 0 unspecified atom stereocenters. The van der Waals surface area contributed by atoms with E-state index < -0.39 is 29.3 Å². The summed E-state index contributed by atoms with van der Waals surface area (Å²) in [5.41, 5.74) is 6.17. The molecule has 0 radical (unpaired) electrons. The third-order valence-corrected chi connectivity index (χ3v) is 6.76. The monoisotopic (exact) mass is 522 g/mol. The number of fused-ring (bicyclic) bond motifs is 1.